The summed E-state index contributed by atoms with van der Waals surface area (Å²) in [6.07, 6.45) is 2.32. The highest BCUT2D eigenvalue weighted by Gasteiger charge is 2.24. The minimum absolute atomic E-state index is 0.108. The Morgan fingerprint density at radius 1 is 1.47 bits per heavy atom. The number of piperidine rings is 1. The highest BCUT2D eigenvalue weighted by molar-refractivity contribution is 6.17. The lowest BCUT2D eigenvalue weighted by atomic mass is 9.93. The van der Waals surface area contributed by atoms with Crippen molar-refractivity contribution < 1.29 is 4.92 Å². The fourth-order valence-electron chi connectivity index (χ4n) is 2.83. The van der Waals surface area contributed by atoms with Gasteiger partial charge < -0.3 is 4.90 Å². The molecule has 19 heavy (non-hydrogen) atoms. The molecule has 1 aromatic rings. The predicted molar refractivity (Wildman–Crippen MR) is 77.9 cm³/mol. The van der Waals surface area contributed by atoms with Crippen molar-refractivity contribution in [1.29, 1.82) is 0 Å². The molecule has 2 atom stereocenters. The van der Waals surface area contributed by atoms with E-state index >= 15 is 0 Å². The first kappa shape index (κ1) is 14.1. The number of rotatable bonds is 3. The number of alkyl halides is 1. The first-order valence-electron chi connectivity index (χ1n) is 6.63. The molecule has 0 aliphatic carbocycles. The minimum atomic E-state index is -0.372. The Morgan fingerprint density at radius 2 is 2.21 bits per heavy atom. The summed E-state index contributed by atoms with van der Waals surface area (Å²) in [5.74, 6) is 0.916. The Morgan fingerprint density at radius 3 is 2.79 bits per heavy atom. The Hall–Kier alpha value is -1.29. The van der Waals surface area contributed by atoms with E-state index in [-0.39, 0.29) is 16.5 Å². The number of anilines is 1. The molecule has 1 saturated heterocycles. The number of hydrogen-bond acceptors (Lipinski definition) is 3. The zero-order valence-corrected chi connectivity index (χ0v) is 12.1. The maximum absolute atomic E-state index is 10.9. The number of halogens is 1. The van der Waals surface area contributed by atoms with Gasteiger partial charge in [-0.15, -0.1) is 11.6 Å². The number of nitro groups is 1. The Kier molecular flexibility index (Phi) is 4.30. The molecule has 0 bridgehead atoms. The third-order valence-corrected chi connectivity index (χ3v) is 4.16. The van der Waals surface area contributed by atoms with E-state index < -0.39 is 0 Å². The Labute approximate surface area is 118 Å². The molecule has 1 heterocycles. The highest BCUT2D eigenvalue weighted by Crippen LogP contribution is 2.31. The van der Waals surface area contributed by atoms with E-state index in [1.54, 1.807) is 6.07 Å². The standard InChI is InChI=1S/C14H19ClN2O2/c1-10-5-6-16(11(2)7-10)13-3-4-14(17(18)19)12(8-13)9-15/h3-4,8,10-11H,5-7,9H2,1-2H3. The molecule has 1 fully saturated rings. The predicted octanol–water partition coefficient (Wildman–Crippen LogP) is 3.96. The molecular weight excluding hydrogens is 264 g/mol. The van der Waals surface area contributed by atoms with Crippen LogP contribution in [0.5, 0.6) is 0 Å². The summed E-state index contributed by atoms with van der Waals surface area (Å²) in [7, 11) is 0. The van der Waals surface area contributed by atoms with Gasteiger partial charge in [0.2, 0.25) is 0 Å². The second-order valence-electron chi connectivity index (χ2n) is 5.38. The van der Waals surface area contributed by atoms with Crippen molar-refractivity contribution in [3.05, 3.63) is 33.9 Å². The summed E-state index contributed by atoms with van der Waals surface area (Å²) < 4.78 is 0. The number of hydrogen-bond donors (Lipinski definition) is 0. The molecular formula is C14H19ClN2O2. The Balaban J connectivity index is 2.28. The van der Waals surface area contributed by atoms with Crippen LogP contribution in [-0.4, -0.2) is 17.5 Å². The van der Waals surface area contributed by atoms with Gasteiger partial charge >= 0.3 is 0 Å². The SMILES string of the molecule is CC1CCN(c2ccc([N+](=O)[O-])c(CCl)c2)C(C)C1. The molecule has 1 aromatic carbocycles. The summed E-state index contributed by atoms with van der Waals surface area (Å²) in [5, 5.41) is 10.9. The van der Waals surface area contributed by atoms with E-state index in [0.29, 0.717) is 11.6 Å². The Bertz CT molecular complexity index is 479. The van der Waals surface area contributed by atoms with Crippen molar-refractivity contribution >= 4 is 23.0 Å². The average Bonchev–Trinajstić information content (AvgIpc) is 2.37. The van der Waals surface area contributed by atoms with Gasteiger partial charge in [-0.1, -0.05) is 6.92 Å². The molecule has 0 amide bonds. The zero-order chi connectivity index (χ0) is 14.0. The summed E-state index contributed by atoms with van der Waals surface area (Å²) in [6.45, 7) is 5.48. The largest absolute Gasteiger partial charge is 0.369 e. The van der Waals surface area contributed by atoms with Gasteiger partial charge in [-0.25, -0.2) is 0 Å². The molecule has 5 heteroatoms. The first-order chi connectivity index (χ1) is 9.02. The summed E-state index contributed by atoms with van der Waals surface area (Å²) in [5.41, 5.74) is 1.74. The maximum Gasteiger partial charge on any atom is 0.273 e. The van der Waals surface area contributed by atoms with Crippen molar-refractivity contribution in [2.75, 3.05) is 11.4 Å². The van der Waals surface area contributed by atoms with Crippen LogP contribution in [0.25, 0.3) is 0 Å². The van der Waals surface area contributed by atoms with Crippen LogP contribution in [0, 0.1) is 16.0 Å². The lowest BCUT2D eigenvalue weighted by molar-refractivity contribution is -0.385. The van der Waals surface area contributed by atoms with Crippen LogP contribution in [0.15, 0.2) is 18.2 Å². The van der Waals surface area contributed by atoms with Crippen LogP contribution in [0.1, 0.15) is 32.3 Å². The normalized spacial score (nSPS) is 23.4. The zero-order valence-electron chi connectivity index (χ0n) is 11.3. The molecule has 0 aromatic heterocycles. The molecule has 0 radical (unpaired) electrons. The molecule has 104 valence electrons. The second kappa shape index (κ2) is 5.78. The van der Waals surface area contributed by atoms with E-state index in [0.717, 1.165) is 31.0 Å². The van der Waals surface area contributed by atoms with E-state index in [1.807, 2.05) is 12.1 Å². The van der Waals surface area contributed by atoms with Crippen LogP contribution in [-0.2, 0) is 5.88 Å². The molecule has 2 unspecified atom stereocenters. The lowest BCUT2D eigenvalue weighted by Crippen LogP contribution is -2.40. The van der Waals surface area contributed by atoms with Gasteiger partial charge in [-0.05, 0) is 37.8 Å². The number of nitrogens with zero attached hydrogens (tertiary/aromatic N) is 2. The number of benzene rings is 1. The van der Waals surface area contributed by atoms with Crippen LogP contribution in [0.2, 0.25) is 0 Å². The second-order valence-corrected chi connectivity index (χ2v) is 5.64. The molecule has 1 aliphatic rings. The van der Waals surface area contributed by atoms with E-state index in [4.69, 9.17) is 11.6 Å². The molecule has 0 spiro atoms. The van der Waals surface area contributed by atoms with Gasteiger partial charge in [0.15, 0.2) is 0 Å². The van der Waals surface area contributed by atoms with Gasteiger partial charge in [0.05, 0.1) is 10.8 Å². The average molecular weight is 283 g/mol. The molecule has 0 N–H and O–H groups in total. The molecule has 2 rings (SSSR count). The molecule has 0 saturated carbocycles. The van der Waals surface area contributed by atoms with E-state index in [9.17, 15) is 10.1 Å². The lowest BCUT2D eigenvalue weighted by Gasteiger charge is -2.38. The van der Waals surface area contributed by atoms with Crippen molar-refractivity contribution in [3.8, 4) is 0 Å². The highest BCUT2D eigenvalue weighted by atomic mass is 35.5. The smallest absolute Gasteiger partial charge is 0.273 e. The van der Waals surface area contributed by atoms with Gasteiger partial charge in [0.25, 0.3) is 5.69 Å². The number of nitro benzene ring substituents is 1. The van der Waals surface area contributed by atoms with Crippen molar-refractivity contribution in [3.63, 3.8) is 0 Å². The first-order valence-corrected chi connectivity index (χ1v) is 7.16. The fraction of sp³-hybridized carbons (Fsp3) is 0.571. The molecule has 1 aliphatic heterocycles. The van der Waals surface area contributed by atoms with E-state index in [1.165, 1.54) is 0 Å². The minimum Gasteiger partial charge on any atom is -0.369 e. The van der Waals surface area contributed by atoms with Crippen LogP contribution >= 0.6 is 11.6 Å². The summed E-state index contributed by atoms with van der Waals surface area (Å²) in [6, 6.07) is 5.73. The van der Waals surface area contributed by atoms with Gasteiger partial charge in [0.1, 0.15) is 0 Å². The third-order valence-electron chi connectivity index (χ3n) is 3.87. The summed E-state index contributed by atoms with van der Waals surface area (Å²) in [4.78, 5) is 12.9. The van der Waals surface area contributed by atoms with Crippen molar-refractivity contribution in [2.45, 2.75) is 38.6 Å². The fourth-order valence-corrected chi connectivity index (χ4v) is 3.04. The monoisotopic (exact) mass is 282 g/mol. The van der Waals surface area contributed by atoms with Crippen LogP contribution in [0.4, 0.5) is 11.4 Å². The van der Waals surface area contributed by atoms with Gasteiger partial charge in [-0.2, -0.15) is 0 Å². The third kappa shape index (κ3) is 3.00. The van der Waals surface area contributed by atoms with Crippen molar-refractivity contribution in [1.82, 2.24) is 0 Å². The van der Waals surface area contributed by atoms with E-state index in [2.05, 4.69) is 18.7 Å². The topological polar surface area (TPSA) is 46.4 Å². The summed E-state index contributed by atoms with van der Waals surface area (Å²) >= 11 is 5.82. The molecule has 4 nitrogen and oxygen atoms in total. The quantitative estimate of drug-likeness (QED) is 0.479. The van der Waals surface area contributed by atoms with Gasteiger partial charge in [0, 0.05) is 29.9 Å². The van der Waals surface area contributed by atoms with Crippen LogP contribution < -0.4 is 4.90 Å². The van der Waals surface area contributed by atoms with Crippen molar-refractivity contribution in [2.24, 2.45) is 5.92 Å². The van der Waals surface area contributed by atoms with Crippen LogP contribution in [0.3, 0.4) is 0 Å². The maximum atomic E-state index is 10.9. The van der Waals surface area contributed by atoms with Gasteiger partial charge in [-0.3, -0.25) is 10.1 Å².